The van der Waals surface area contributed by atoms with Gasteiger partial charge >= 0.3 is 0 Å². The van der Waals surface area contributed by atoms with E-state index in [0.29, 0.717) is 5.54 Å². The van der Waals surface area contributed by atoms with Crippen molar-refractivity contribution in [3.63, 3.8) is 0 Å². The summed E-state index contributed by atoms with van der Waals surface area (Å²) in [5.74, 6) is 0.853. The number of rotatable bonds is 1. The zero-order valence-electron chi connectivity index (χ0n) is 9.95. The smallest absolute Gasteiger partial charge is 0.0662 e. The average Bonchev–Trinajstić information content (AvgIpc) is 2.15. The maximum absolute atomic E-state index is 7.62. The average molecular weight is 203 g/mol. The fourth-order valence-electron chi connectivity index (χ4n) is 1.65. The molecule has 0 aliphatic carbocycles. The molecule has 3 nitrogen and oxygen atoms in total. The van der Waals surface area contributed by atoms with E-state index in [9.17, 15) is 0 Å². The minimum atomic E-state index is -0.125. The molecule has 1 atom stereocenters. The van der Waals surface area contributed by atoms with Crippen LogP contribution in [0.3, 0.4) is 0 Å². The highest BCUT2D eigenvalue weighted by molar-refractivity contribution is 4.88. The van der Waals surface area contributed by atoms with E-state index in [1.54, 1.807) is 0 Å². The molecule has 0 aromatic heterocycles. The van der Waals surface area contributed by atoms with Crippen molar-refractivity contribution in [2.24, 2.45) is 5.92 Å². The Kier molecular flexibility index (Phi) is 6.33. The van der Waals surface area contributed by atoms with Gasteiger partial charge in [-0.05, 0) is 46.2 Å². The van der Waals surface area contributed by atoms with Crippen LogP contribution < -0.4 is 0 Å². The topological polar surface area (TPSA) is 43.7 Å². The van der Waals surface area contributed by atoms with Crippen molar-refractivity contribution in [3.05, 3.63) is 0 Å². The van der Waals surface area contributed by atoms with Gasteiger partial charge in [-0.3, -0.25) is 0 Å². The first-order valence-corrected chi connectivity index (χ1v) is 5.39. The van der Waals surface area contributed by atoms with Gasteiger partial charge in [0.15, 0.2) is 0 Å². The molecule has 86 valence electrons. The zero-order chi connectivity index (χ0) is 11.2. The molecule has 0 amide bonds. The standard InChI is InChI=1S/C9H19N.C2H6O2/c1-8-6-5-7-10(4)9(8,2)3;3-1-2-4/h8H,5-7H2,1-4H3;3-4H,1-2H2. The maximum Gasteiger partial charge on any atom is 0.0662 e. The fourth-order valence-corrected chi connectivity index (χ4v) is 1.65. The van der Waals surface area contributed by atoms with Crippen LogP contribution in [0.25, 0.3) is 0 Å². The van der Waals surface area contributed by atoms with Crippen molar-refractivity contribution in [2.75, 3.05) is 26.8 Å². The molecule has 2 N–H and O–H groups in total. The molecule has 0 spiro atoms. The van der Waals surface area contributed by atoms with Gasteiger partial charge in [0.25, 0.3) is 0 Å². The van der Waals surface area contributed by atoms with Crippen LogP contribution in [0, 0.1) is 5.92 Å². The molecule has 0 radical (unpaired) electrons. The van der Waals surface area contributed by atoms with Crippen LogP contribution >= 0.6 is 0 Å². The second-order valence-corrected chi connectivity index (χ2v) is 4.57. The van der Waals surface area contributed by atoms with E-state index in [-0.39, 0.29) is 13.2 Å². The van der Waals surface area contributed by atoms with Crippen molar-refractivity contribution >= 4 is 0 Å². The SMILES string of the molecule is CC1CCCN(C)C1(C)C.OCCO. The normalized spacial score (nSPS) is 26.6. The van der Waals surface area contributed by atoms with Crippen LogP contribution in [0.15, 0.2) is 0 Å². The number of aliphatic hydroxyl groups excluding tert-OH is 2. The molecule has 1 unspecified atom stereocenters. The van der Waals surface area contributed by atoms with Gasteiger partial charge in [-0.2, -0.15) is 0 Å². The van der Waals surface area contributed by atoms with Gasteiger partial charge in [0.05, 0.1) is 13.2 Å². The Labute approximate surface area is 87.7 Å². The lowest BCUT2D eigenvalue weighted by molar-refractivity contribution is 0.0547. The quantitative estimate of drug-likeness (QED) is 0.670. The van der Waals surface area contributed by atoms with Crippen molar-refractivity contribution in [3.8, 4) is 0 Å². The largest absolute Gasteiger partial charge is 0.394 e. The monoisotopic (exact) mass is 203 g/mol. The van der Waals surface area contributed by atoms with Gasteiger partial charge in [0, 0.05) is 5.54 Å². The van der Waals surface area contributed by atoms with Crippen LogP contribution in [-0.4, -0.2) is 47.5 Å². The summed E-state index contributed by atoms with van der Waals surface area (Å²) in [6.07, 6.45) is 2.78. The lowest BCUT2D eigenvalue weighted by atomic mass is 9.81. The fraction of sp³-hybridized carbons (Fsp3) is 1.00. The molecule has 1 saturated heterocycles. The lowest BCUT2D eigenvalue weighted by Crippen LogP contribution is -2.49. The Morgan fingerprint density at radius 2 is 1.79 bits per heavy atom. The number of piperidine rings is 1. The van der Waals surface area contributed by atoms with Crippen molar-refractivity contribution in [1.29, 1.82) is 0 Å². The molecule has 14 heavy (non-hydrogen) atoms. The summed E-state index contributed by atoms with van der Waals surface area (Å²) < 4.78 is 0. The molecule has 0 bridgehead atoms. The van der Waals surface area contributed by atoms with Gasteiger partial charge in [0.1, 0.15) is 0 Å². The predicted octanol–water partition coefficient (Wildman–Crippen LogP) is 1.10. The number of nitrogens with zero attached hydrogens (tertiary/aromatic N) is 1. The number of hydrogen-bond acceptors (Lipinski definition) is 3. The Morgan fingerprint density at radius 1 is 1.29 bits per heavy atom. The lowest BCUT2D eigenvalue weighted by Gasteiger charge is -2.44. The Bertz CT molecular complexity index is 134. The first-order chi connectivity index (χ1) is 6.46. The van der Waals surface area contributed by atoms with Crippen molar-refractivity contribution < 1.29 is 10.2 Å². The van der Waals surface area contributed by atoms with Crippen LogP contribution in [0.5, 0.6) is 0 Å². The molecule has 1 aliphatic heterocycles. The minimum Gasteiger partial charge on any atom is -0.394 e. The van der Waals surface area contributed by atoms with Gasteiger partial charge in [-0.25, -0.2) is 0 Å². The summed E-state index contributed by atoms with van der Waals surface area (Å²) in [6.45, 7) is 8.07. The Hall–Kier alpha value is -0.120. The molecular formula is C11H25NO2. The highest BCUT2D eigenvalue weighted by atomic mass is 16.3. The molecule has 3 heteroatoms. The summed E-state index contributed by atoms with van der Waals surface area (Å²) in [7, 11) is 2.23. The van der Waals surface area contributed by atoms with Crippen LogP contribution in [0.1, 0.15) is 33.6 Å². The predicted molar refractivity (Wildman–Crippen MR) is 59.3 cm³/mol. The molecule has 1 heterocycles. The summed E-state index contributed by atoms with van der Waals surface area (Å²) in [5, 5.41) is 15.2. The summed E-state index contributed by atoms with van der Waals surface area (Å²) >= 11 is 0. The first kappa shape index (κ1) is 13.9. The molecule has 1 fully saturated rings. The maximum atomic E-state index is 7.62. The van der Waals surface area contributed by atoms with Gasteiger partial charge in [-0.1, -0.05) is 6.92 Å². The van der Waals surface area contributed by atoms with Crippen LogP contribution in [-0.2, 0) is 0 Å². The Balaban J connectivity index is 0.000000364. The second kappa shape index (κ2) is 6.38. The number of hydrogen-bond donors (Lipinski definition) is 2. The summed E-state index contributed by atoms with van der Waals surface area (Å²) in [5.41, 5.74) is 0.429. The molecular weight excluding hydrogens is 178 g/mol. The van der Waals surface area contributed by atoms with Crippen LogP contribution in [0.4, 0.5) is 0 Å². The molecule has 0 aromatic rings. The van der Waals surface area contributed by atoms with Gasteiger partial charge in [0.2, 0.25) is 0 Å². The van der Waals surface area contributed by atoms with E-state index in [0.717, 1.165) is 5.92 Å². The third kappa shape index (κ3) is 3.95. The van der Waals surface area contributed by atoms with E-state index in [2.05, 4.69) is 32.7 Å². The molecule has 1 rings (SSSR count). The van der Waals surface area contributed by atoms with Gasteiger partial charge < -0.3 is 15.1 Å². The highest BCUT2D eigenvalue weighted by Crippen LogP contribution is 2.30. The summed E-state index contributed by atoms with van der Waals surface area (Å²) in [6, 6.07) is 0. The summed E-state index contributed by atoms with van der Waals surface area (Å²) in [4.78, 5) is 2.47. The third-order valence-corrected chi connectivity index (χ3v) is 3.42. The van der Waals surface area contributed by atoms with Crippen LogP contribution in [0.2, 0.25) is 0 Å². The Morgan fingerprint density at radius 3 is 2.07 bits per heavy atom. The molecule has 0 saturated carbocycles. The zero-order valence-corrected chi connectivity index (χ0v) is 9.95. The molecule has 1 aliphatic rings. The van der Waals surface area contributed by atoms with E-state index in [1.165, 1.54) is 19.4 Å². The first-order valence-electron chi connectivity index (χ1n) is 5.39. The van der Waals surface area contributed by atoms with Gasteiger partial charge in [-0.15, -0.1) is 0 Å². The second-order valence-electron chi connectivity index (χ2n) is 4.57. The third-order valence-electron chi connectivity index (χ3n) is 3.42. The van der Waals surface area contributed by atoms with E-state index >= 15 is 0 Å². The van der Waals surface area contributed by atoms with E-state index < -0.39 is 0 Å². The number of likely N-dealkylation sites (tertiary alicyclic amines) is 1. The van der Waals surface area contributed by atoms with E-state index in [1.807, 2.05) is 0 Å². The minimum absolute atomic E-state index is 0.125. The highest BCUT2D eigenvalue weighted by Gasteiger charge is 2.32. The molecule has 0 aromatic carbocycles. The van der Waals surface area contributed by atoms with E-state index in [4.69, 9.17) is 10.2 Å². The van der Waals surface area contributed by atoms with Crippen molar-refractivity contribution in [1.82, 2.24) is 4.90 Å². The number of aliphatic hydroxyl groups is 2. The van der Waals surface area contributed by atoms with Crippen molar-refractivity contribution in [2.45, 2.75) is 39.2 Å².